The predicted molar refractivity (Wildman–Crippen MR) is 129 cm³/mol. The number of hydrogen-bond donors (Lipinski definition) is 4. The van der Waals surface area contributed by atoms with Gasteiger partial charge in [0.15, 0.2) is 5.82 Å². The molecule has 0 radical (unpaired) electrons. The van der Waals surface area contributed by atoms with Crippen LogP contribution in [-0.2, 0) is 0 Å². The van der Waals surface area contributed by atoms with E-state index in [1.807, 2.05) is 42.5 Å². The van der Waals surface area contributed by atoms with E-state index in [4.69, 9.17) is 10.7 Å². The zero-order valence-corrected chi connectivity index (χ0v) is 17.4. The largest absolute Gasteiger partial charge is 0.396 e. The summed E-state index contributed by atoms with van der Waals surface area (Å²) in [5.74, 6) is 1.54. The lowest BCUT2D eigenvalue weighted by molar-refractivity contribution is 0.849. The molecule has 2 heterocycles. The lowest BCUT2D eigenvalue weighted by Gasteiger charge is -2.20. The number of H-pyrrole nitrogens is 1. The molecule has 0 amide bonds. The van der Waals surface area contributed by atoms with E-state index in [0.29, 0.717) is 18.1 Å². The Kier molecular flexibility index (Phi) is 5.36. The summed E-state index contributed by atoms with van der Waals surface area (Å²) in [6.45, 7) is 0.704. The predicted octanol–water partition coefficient (Wildman–Crippen LogP) is 4.92. The molecule has 7 nitrogen and oxygen atoms in total. The van der Waals surface area contributed by atoms with Gasteiger partial charge in [0.2, 0.25) is 0 Å². The number of aromatic nitrogens is 4. The zero-order chi connectivity index (χ0) is 21.8. The average Bonchev–Trinajstić information content (AvgIpc) is 3.31. The molecule has 5 rings (SSSR count). The van der Waals surface area contributed by atoms with Gasteiger partial charge in [-0.25, -0.2) is 4.98 Å². The molecule has 2 aromatic heterocycles. The highest BCUT2D eigenvalue weighted by Gasteiger charge is 2.14. The molecule has 0 spiro atoms. The van der Waals surface area contributed by atoms with Crippen LogP contribution in [0.25, 0.3) is 11.0 Å². The highest BCUT2D eigenvalue weighted by Crippen LogP contribution is 2.27. The van der Waals surface area contributed by atoms with Gasteiger partial charge in [-0.05, 0) is 41.5 Å². The third-order valence-electron chi connectivity index (χ3n) is 5.40. The van der Waals surface area contributed by atoms with Gasteiger partial charge in [0.25, 0.3) is 0 Å². The highest BCUT2D eigenvalue weighted by molar-refractivity contribution is 5.80. The maximum absolute atomic E-state index is 6.18. The maximum atomic E-state index is 6.18. The molecule has 0 saturated carbocycles. The highest BCUT2D eigenvalue weighted by atomic mass is 15.3. The number of rotatable bonds is 7. The van der Waals surface area contributed by atoms with Crippen molar-refractivity contribution in [1.82, 2.24) is 20.4 Å². The van der Waals surface area contributed by atoms with Crippen LogP contribution in [0, 0.1) is 0 Å². The van der Waals surface area contributed by atoms with E-state index in [1.54, 1.807) is 0 Å². The minimum atomic E-state index is 0.197. The average molecular weight is 422 g/mol. The monoisotopic (exact) mass is 421 g/mol. The van der Waals surface area contributed by atoms with Crippen molar-refractivity contribution in [3.63, 3.8) is 0 Å². The molecule has 0 aliphatic carbocycles. The normalized spacial score (nSPS) is 11.0. The molecule has 0 aliphatic rings. The number of nitrogens with zero attached hydrogens (tertiary/aromatic N) is 3. The molecular formula is C25H23N7. The Labute approximate surface area is 185 Å². The van der Waals surface area contributed by atoms with Gasteiger partial charge in [0.05, 0.1) is 5.69 Å². The van der Waals surface area contributed by atoms with Crippen molar-refractivity contribution >= 4 is 34.0 Å². The number of pyridine rings is 1. The van der Waals surface area contributed by atoms with Crippen molar-refractivity contribution in [2.24, 2.45) is 0 Å². The fourth-order valence-electron chi connectivity index (χ4n) is 3.73. The van der Waals surface area contributed by atoms with E-state index < -0.39 is 0 Å². The number of nitrogens with one attached hydrogen (secondary N) is 3. The van der Waals surface area contributed by atoms with E-state index in [-0.39, 0.29) is 5.92 Å². The third kappa shape index (κ3) is 4.22. The number of nitrogen functional groups attached to an aromatic ring is 1. The van der Waals surface area contributed by atoms with Crippen LogP contribution in [-0.4, -0.2) is 26.9 Å². The van der Waals surface area contributed by atoms with Crippen molar-refractivity contribution in [2.45, 2.75) is 5.92 Å². The van der Waals surface area contributed by atoms with Crippen molar-refractivity contribution < 1.29 is 0 Å². The first kappa shape index (κ1) is 19.6. The third-order valence-corrected chi connectivity index (χ3v) is 5.40. The Morgan fingerprint density at radius 2 is 1.47 bits per heavy atom. The summed E-state index contributed by atoms with van der Waals surface area (Å²) in [6, 6.07) is 30.4. The molecule has 0 fully saturated rings. The Bertz CT molecular complexity index is 1280. The summed E-state index contributed by atoms with van der Waals surface area (Å²) in [5.41, 5.74) is 11.7. The molecule has 5 N–H and O–H groups in total. The molecule has 3 aromatic carbocycles. The molecule has 7 heteroatoms. The number of nitrogens with two attached hydrogens (primary N) is 1. The number of benzene rings is 3. The van der Waals surface area contributed by atoms with Crippen LogP contribution in [0.3, 0.4) is 0 Å². The van der Waals surface area contributed by atoms with Crippen LogP contribution >= 0.6 is 0 Å². The maximum Gasteiger partial charge on any atom is 0.156 e. The van der Waals surface area contributed by atoms with E-state index >= 15 is 0 Å². The van der Waals surface area contributed by atoms with Crippen LogP contribution in [0.1, 0.15) is 17.0 Å². The topological polar surface area (TPSA) is 105 Å². The van der Waals surface area contributed by atoms with Crippen LogP contribution in [0.2, 0.25) is 0 Å². The second-order valence-corrected chi connectivity index (χ2v) is 7.54. The van der Waals surface area contributed by atoms with Crippen molar-refractivity contribution in [3.05, 3.63) is 102 Å². The molecular weight excluding hydrogens is 398 g/mol. The van der Waals surface area contributed by atoms with E-state index in [0.717, 1.165) is 22.5 Å². The van der Waals surface area contributed by atoms with E-state index in [1.165, 1.54) is 11.1 Å². The van der Waals surface area contributed by atoms with E-state index in [2.05, 4.69) is 74.6 Å². The molecule has 0 saturated heterocycles. The first-order valence-electron chi connectivity index (χ1n) is 10.4. The lowest BCUT2D eigenvalue weighted by Crippen LogP contribution is -2.15. The van der Waals surface area contributed by atoms with Crippen LogP contribution < -0.4 is 16.4 Å². The van der Waals surface area contributed by atoms with Gasteiger partial charge in [-0.15, -0.1) is 0 Å². The van der Waals surface area contributed by atoms with Crippen molar-refractivity contribution in [3.8, 4) is 0 Å². The number of aromatic amines is 1. The molecule has 158 valence electrons. The standard InChI is InChI=1S/C25H23N7/c26-21-12-14-24(29-25(21)28-19-11-13-22-23(15-19)31-32-30-22)27-16-20(17-7-3-1-4-8-17)18-9-5-2-6-10-18/h1-15,20H,16,26H2,(H2,27,28,29)(H,30,31,32). The summed E-state index contributed by atoms with van der Waals surface area (Å²) in [7, 11) is 0. The molecule has 32 heavy (non-hydrogen) atoms. The molecule has 0 aliphatic heterocycles. The quantitative estimate of drug-likeness (QED) is 0.297. The minimum absolute atomic E-state index is 0.197. The van der Waals surface area contributed by atoms with Crippen molar-refractivity contribution in [2.75, 3.05) is 22.9 Å². The van der Waals surface area contributed by atoms with Crippen LogP contribution in [0.5, 0.6) is 0 Å². The fraction of sp³-hybridized carbons (Fsp3) is 0.0800. The minimum Gasteiger partial charge on any atom is -0.396 e. The van der Waals surface area contributed by atoms with Gasteiger partial charge in [-0.3, -0.25) is 0 Å². The first-order chi connectivity index (χ1) is 15.8. The number of fused-ring (bicyclic) bond motifs is 1. The van der Waals surface area contributed by atoms with Crippen molar-refractivity contribution in [1.29, 1.82) is 0 Å². The Morgan fingerprint density at radius 1 is 0.781 bits per heavy atom. The Morgan fingerprint density at radius 3 is 2.19 bits per heavy atom. The summed E-state index contributed by atoms with van der Waals surface area (Å²) in [4.78, 5) is 4.70. The Balaban J connectivity index is 1.36. The number of hydrogen-bond acceptors (Lipinski definition) is 6. The smallest absolute Gasteiger partial charge is 0.156 e. The zero-order valence-electron chi connectivity index (χ0n) is 17.4. The van der Waals surface area contributed by atoms with E-state index in [9.17, 15) is 0 Å². The summed E-state index contributed by atoms with van der Waals surface area (Å²) in [6.07, 6.45) is 0. The summed E-state index contributed by atoms with van der Waals surface area (Å²) >= 11 is 0. The van der Waals surface area contributed by atoms with Gasteiger partial charge in [0.1, 0.15) is 16.9 Å². The number of anilines is 4. The second kappa shape index (κ2) is 8.77. The van der Waals surface area contributed by atoms with Gasteiger partial charge in [-0.2, -0.15) is 15.4 Å². The summed E-state index contributed by atoms with van der Waals surface area (Å²) < 4.78 is 0. The van der Waals surface area contributed by atoms with Crippen LogP contribution in [0.4, 0.5) is 23.0 Å². The van der Waals surface area contributed by atoms with Gasteiger partial charge in [-0.1, -0.05) is 60.7 Å². The molecule has 0 bridgehead atoms. The van der Waals surface area contributed by atoms with Gasteiger partial charge >= 0.3 is 0 Å². The lowest BCUT2D eigenvalue weighted by atomic mass is 9.91. The molecule has 5 aromatic rings. The molecule has 0 atom stereocenters. The molecule has 0 unspecified atom stereocenters. The van der Waals surface area contributed by atoms with Crippen LogP contribution in [0.15, 0.2) is 91.0 Å². The SMILES string of the molecule is Nc1ccc(NCC(c2ccccc2)c2ccccc2)nc1Nc1ccc2n[nH]nc2c1. The second-order valence-electron chi connectivity index (χ2n) is 7.54. The van der Waals surface area contributed by atoms with Gasteiger partial charge in [0, 0.05) is 18.2 Å². The Hall–Kier alpha value is -4.39. The fourth-order valence-corrected chi connectivity index (χ4v) is 3.73. The summed E-state index contributed by atoms with van der Waals surface area (Å²) in [5, 5.41) is 17.6. The van der Waals surface area contributed by atoms with Gasteiger partial charge < -0.3 is 16.4 Å². The first-order valence-corrected chi connectivity index (χ1v) is 10.4.